The van der Waals surface area contributed by atoms with Crippen molar-refractivity contribution < 1.29 is 5.11 Å². The lowest BCUT2D eigenvalue weighted by atomic mass is 10.1. The Bertz CT molecular complexity index is 408. The fraction of sp³-hybridized carbons (Fsp3) is 0.600. The number of benzene rings is 1. The lowest BCUT2D eigenvalue weighted by Gasteiger charge is -2.25. The second kappa shape index (κ2) is 6.89. The van der Waals surface area contributed by atoms with Crippen LogP contribution in [0.15, 0.2) is 18.2 Å². The molecule has 0 saturated carbocycles. The Labute approximate surface area is 115 Å². The van der Waals surface area contributed by atoms with Gasteiger partial charge in [-0.1, -0.05) is 12.1 Å². The number of rotatable bonds is 4. The van der Waals surface area contributed by atoms with E-state index >= 15 is 0 Å². The number of nitrogens with two attached hydrogens (primary N) is 1. The molecule has 0 unspecified atom stereocenters. The monoisotopic (exact) mass is 263 g/mol. The maximum atomic E-state index is 9.03. The largest absolute Gasteiger partial charge is 0.395 e. The first-order valence-corrected chi connectivity index (χ1v) is 7.12. The number of aliphatic hydroxyl groups is 1. The summed E-state index contributed by atoms with van der Waals surface area (Å²) in [7, 11) is 0. The SMILES string of the molecule is Cc1cc(CN)ccc1N1CCCN(CCO)CC1. The zero-order valence-electron chi connectivity index (χ0n) is 11.8. The third-order valence-electron chi connectivity index (χ3n) is 3.84. The van der Waals surface area contributed by atoms with Crippen molar-refractivity contribution in [2.75, 3.05) is 44.2 Å². The van der Waals surface area contributed by atoms with Gasteiger partial charge >= 0.3 is 0 Å². The number of hydrogen-bond acceptors (Lipinski definition) is 4. The third kappa shape index (κ3) is 3.69. The summed E-state index contributed by atoms with van der Waals surface area (Å²) in [6, 6.07) is 6.50. The highest BCUT2D eigenvalue weighted by atomic mass is 16.3. The van der Waals surface area contributed by atoms with Crippen LogP contribution in [-0.4, -0.2) is 49.3 Å². The topological polar surface area (TPSA) is 52.7 Å². The van der Waals surface area contributed by atoms with Gasteiger partial charge in [-0.25, -0.2) is 0 Å². The van der Waals surface area contributed by atoms with Gasteiger partial charge in [0.25, 0.3) is 0 Å². The second-order valence-electron chi connectivity index (χ2n) is 5.23. The Morgan fingerprint density at radius 1 is 1.21 bits per heavy atom. The molecule has 0 amide bonds. The third-order valence-corrected chi connectivity index (χ3v) is 3.84. The summed E-state index contributed by atoms with van der Waals surface area (Å²) in [6.45, 7) is 8.03. The Morgan fingerprint density at radius 3 is 2.74 bits per heavy atom. The van der Waals surface area contributed by atoms with Crippen molar-refractivity contribution >= 4 is 5.69 Å². The molecule has 3 N–H and O–H groups in total. The van der Waals surface area contributed by atoms with E-state index in [-0.39, 0.29) is 6.61 Å². The molecule has 106 valence electrons. The van der Waals surface area contributed by atoms with Crippen LogP contribution in [0.25, 0.3) is 0 Å². The molecule has 1 aromatic carbocycles. The predicted molar refractivity (Wildman–Crippen MR) is 79.4 cm³/mol. The van der Waals surface area contributed by atoms with E-state index in [0.717, 1.165) is 39.1 Å². The Hall–Kier alpha value is -1.10. The van der Waals surface area contributed by atoms with Crippen molar-refractivity contribution in [2.45, 2.75) is 19.9 Å². The number of aryl methyl sites for hydroxylation is 1. The van der Waals surface area contributed by atoms with E-state index in [9.17, 15) is 0 Å². The van der Waals surface area contributed by atoms with Gasteiger partial charge in [0.05, 0.1) is 6.61 Å². The highest BCUT2D eigenvalue weighted by Crippen LogP contribution is 2.22. The first-order valence-electron chi connectivity index (χ1n) is 7.12. The molecule has 1 aromatic rings. The minimum atomic E-state index is 0.254. The van der Waals surface area contributed by atoms with Gasteiger partial charge in [0.2, 0.25) is 0 Å². The average Bonchev–Trinajstić information content (AvgIpc) is 2.65. The molecule has 4 heteroatoms. The van der Waals surface area contributed by atoms with Crippen LogP contribution in [0.1, 0.15) is 17.5 Å². The van der Waals surface area contributed by atoms with Crippen LogP contribution in [0.3, 0.4) is 0 Å². The van der Waals surface area contributed by atoms with Crippen molar-refractivity contribution in [3.8, 4) is 0 Å². The van der Waals surface area contributed by atoms with Gasteiger partial charge in [-0.2, -0.15) is 0 Å². The van der Waals surface area contributed by atoms with Gasteiger partial charge in [0.15, 0.2) is 0 Å². The number of anilines is 1. The molecular formula is C15H25N3O. The van der Waals surface area contributed by atoms with Crippen LogP contribution >= 0.6 is 0 Å². The molecule has 1 fully saturated rings. The van der Waals surface area contributed by atoms with E-state index in [2.05, 4.69) is 34.9 Å². The lowest BCUT2D eigenvalue weighted by Crippen LogP contribution is -2.32. The number of aliphatic hydroxyl groups excluding tert-OH is 1. The minimum Gasteiger partial charge on any atom is -0.395 e. The summed E-state index contributed by atoms with van der Waals surface area (Å²) < 4.78 is 0. The molecule has 1 saturated heterocycles. The summed E-state index contributed by atoms with van der Waals surface area (Å²) in [5.41, 5.74) is 9.50. The van der Waals surface area contributed by atoms with E-state index in [1.165, 1.54) is 16.8 Å². The normalized spacial score (nSPS) is 17.5. The highest BCUT2D eigenvalue weighted by molar-refractivity contribution is 5.54. The van der Waals surface area contributed by atoms with Gasteiger partial charge in [-0.15, -0.1) is 0 Å². The summed E-state index contributed by atoms with van der Waals surface area (Å²) >= 11 is 0. The van der Waals surface area contributed by atoms with Crippen LogP contribution in [0.4, 0.5) is 5.69 Å². The van der Waals surface area contributed by atoms with Gasteiger partial charge in [-0.05, 0) is 37.1 Å². The number of hydrogen-bond donors (Lipinski definition) is 2. The molecule has 4 nitrogen and oxygen atoms in total. The van der Waals surface area contributed by atoms with Gasteiger partial charge in [-0.3, -0.25) is 4.90 Å². The maximum Gasteiger partial charge on any atom is 0.0558 e. The first kappa shape index (κ1) is 14.3. The summed E-state index contributed by atoms with van der Waals surface area (Å²) in [4.78, 5) is 4.79. The van der Waals surface area contributed by atoms with E-state index in [1.807, 2.05) is 0 Å². The molecule has 19 heavy (non-hydrogen) atoms. The van der Waals surface area contributed by atoms with E-state index < -0.39 is 0 Å². The van der Waals surface area contributed by atoms with Crippen molar-refractivity contribution in [3.05, 3.63) is 29.3 Å². The smallest absolute Gasteiger partial charge is 0.0558 e. The average molecular weight is 263 g/mol. The van der Waals surface area contributed by atoms with E-state index in [1.54, 1.807) is 0 Å². The quantitative estimate of drug-likeness (QED) is 0.849. The molecular weight excluding hydrogens is 238 g/mol. The predicted octanol–water partition coefficient (Wildman–Crippen LogP) is 0.958. The van der Waals surface area contributed by atoms with Gasteiger partial charge in [0.1, 0.15) is 0 Å². The van der Waals surface area contributed by atoms with Crippen LogP contribution in [-0.2, 0) is 6.54 Å². The number of nitrogens with zero attached hydrogens (tertiary/aromatic N) is 2. The zero-order valence-corrected chi connectivity index (χ0v) is 11.8. The molecule has 1 heterocycles. The van der Waals surface area contributed by atoms with Crippen molar-refractivity contribution in [2.24, 2.45) is 5.73 Å². The van der Waals surface area contributed by atoms with Crippen LogP contribution in [0.5, 0.6) is 0 Å². The van der Waals surface area contributed by atoms with E-state index in [0.29, 0.717) is 6.54 Å². The lowest BCUT2D eigenvalue weighted by molar-refractivity contribution is 0.204. The molecule has 0 aromatic heterocycles. The Balaban J connectivity index is 2.05. The molecule has 0 atom stereocenters. The van der Waals surface area contributed by atoms with Crippen LogP contribution < -0.4 is 10.6 Å². The standard InChI is InChI=1S/C15H25N3O/c1-13-11-14(12-16)3-4-15(13)18-6-2-5-17(7-8-18)9-10-19/h3-4,11,19H,2,5-10,12,16H2,1H3. The number of β-amino-alcohol motifs (C(OH)–C–C–N with tert-alkyl or cyclic N) is 1. The van der Waals surface area contributed by atoms with Crippen LogP contribution in [0, 0.1) is 6.92 Å². The fourth-order valence-electron chi connectivity index (χ4n) is 2.78. The molecule has 1 aliphatic rings. The minimum absolute atomic E-state index is 0.254. The molecule has 0 bridgehead atoms. The zero-order chi connectivity index (χ0) is 13.7. The van der Waals surface area contributed by atoms with E-state index in [4.69, 9.17) is 10.8 Å². The second-order valence-corrected chi connectivity index (χ2v) is 5.23. The van der Waals surface area contributed by atoms with Crippen molar-refractivity contribution in [1.29, 1.82) is 0 Å². The van der Waals surface area contributed by atoms with Gasteiger partial charge in [0, 0.05) is 38.4 Å². The van der Waals surface area contributed by atoms with Crippen LogP contribution in [0.2, 0.25) is 0 Å². The molecule has 0 aliphatic carbocycles. The molecule has 1 aliphatic heterocycles. The summed E-state index contributed by atoms with van der Waals surface area (Å²) in [6.07, 6.45) is 1.15. The summed E-state index contributed by atoms with van der Waals surface area (Å²) in [5, 5.41) is 9.03. The molecule has 0 radical (unpaired) electrons. The molecule has 0 spiro atoms. The summed E-state index contributed by atoms with van der Waals surface area (Å²) in [5.74, 6) is 0. The Kier molecular flexibility index (Phi) is 5.19. The molecule has 2 rings (SSSR count). The highest BCUT2D eigenvalue weighted by Gasteiger charge is 2.16. The Morgan fingerprint density at radius 2 is 2.05 bits per heavy atom. The van der Waals surface area contributed by atoms with Gasteiger partial charge < -0.3 is 15.7 Å². The van der Waals surface area contributed by atoms with Crippen molar-refractivity contribution in [1.82, 2.24) is 4.90 Å². The van der Waals surface area contributed by atoms with Crippen molar-refractivity contribution in [3.63, 3.8) is 0 Å². The maximum absolute atomic E-state index is 9.03. The fourth-order valence-corrected chi connectivity index (χ4v) is 2.78. The first-order chi connectivity index (χ1) is 9.24.